The molecule has 0 aromatic rings. The number of hydrogen-bond acceptors (Lipinski definition) is 6. The third kappa shape index (κ3) is 8.79. The SMILES string of the molecule is O=C(NCCCCCCNC(=O)S(=O)(=O)O)S(=O)(=O)O. The highest BCUT2D eigenvalue weighted by Gasteiger charge is 2.17. The third-order valence-corrected chi connectivity index (χ3v) is 3.34. The molecule has 0 atom stereocenters. The van der Waals surface area contributed by atoms with Gasteiger partial charge in [-0.1, -0.05) is 12.8 Å². The van der Waals surface area contributed by atoms with E-state index in [9.17, 15) is 26.4 Å². The highest BCUT2D eigenvalue weighted by molar-refractivity contribution is 8.01. The Hall–Kier alpha value is -1.24. The summed E-state index contributed by atoms with van der Waals surface area (Å²) in [4.78, 5) is 21.4. The van der Waals surface area contributed by atoms with E-state index in [0.717, 1.165) is 0 Å². The first-order valence-corrected chi connectivity index (χ1v) is 8.44. The molecular formula is C8H16N2O8S2. The molecule has 0 fully saturated rings. The predicted molar refractivity (Wildman–Crippen MR) is 68.4 cm³/mol. The standard InChI is InChI=1S/C8H16N2O8S2/c11-7(19(13,14)15)9-5-3-1-2-4-6-10-8(12)20(16,17)18/h1-6H2,(H,9,11)(H,10,12)(H,13,14,15)(H,16,17,18). The minimum atomic E-state index is -4.71. The lowest BCUT2D eigenvalue weighted by molar-refractivity contribution is 0.254. The van der Waals surface area contributed by atoms with Crippen molar-refractivity contribution in [1.82, 2.24) is 10.6 Å². The summed E-state index contributed by atoms with van der Waals surface area (Å²) >= 11 is 0. The monoisotopic (exact) mass is 332 g/mol. The van der Waals surface area contributed by atoms with E-state index in [1.807, 2.05) is 10.6 Å². The van der Waals surface area contributed by atoms with Crippen LogP contribution in [0.5, 0.6) is 0 Å². The number of unbranched alkanes of at least 4 members (excludes halogenated alkanes) is 3. The van der Waals surface area contributed by atoms with Gasteiger partial charge in [0, 0.05) is 13.1 Å². The first kappa shape index (κ1) is 18.8. The number of rotatable bonds is 7. The van der Waals surface area contributed by atoms with Gasteiger partial charge in [-0.2, -0.15) is 16.8 Å². The van der Waals surface area contributed by atoms with Crippen molar-refractivity contribution < 1.29 is 35.5 Å². The highest BCUT2D eigenvalue weighted by Crippen LogP contribution is 1.98. The zero-order chi connectivity index (χ0) is 15.8. The number of carbonyl (C=O) groups is 2. The number of amides is 2. The predicted octanol–water partition coefficient (Wildman–Crippen LogP) is -0.258. The molecule has 0 bridgehead atoms. The first-order valence-electron chi connectivity index (χ1n) is 5.56. The van der Waals surface area contributed by atoms with Crippen LogP contribution < -0.4 is 10.6 Å². The fraction of sp³-hybridized carbons (Fsp3) is 0.750. The van der Waals surface area contributed by atoms with Crippen molar-refractivity contribution in [1.29, 1.82) is 0 Å². The van der Waals surface area contributed by atoms with Crippen molar-refractivity contribution in [3.63, 3.8) is 0 Å². The van der Waals surface area contributed by atoms with Gasteiger partial charge >= 0.3 is 30.7 Å². The maximum Gasteiger partial charge on any atom is 0.363 e. The lowest BCUT2D eigenvalue weighted by Gasteiger charge is -2.04. The van der Waals surface area contributed by atoms with Gasteiger partial charge in [0.05, 0.1) is 0 Å². The Morgan fingerprint density at radius 1 is 0.700 bits per heavy atom. The van der Waals surface area contributed by atoms with Crippen LogP contribution in [0, 0.1) is 0 Å². The maximum absolute atomic E-state index is 10.7. The molecule has 118 valence electrons. The second-order valence-electron chi connectivity index (χ2n) is 3.79. The van der Waals surface area contributed by atoms with E-state index in [4.69, 9.17) is 9.11 Å². The molecule has 0 aliphatic heterocycles. The molecule has 0 saturated carbocycles. The van der Waals surface area contributed by atoms with Gasteiger partial charge in [0.25, 0.3) is 0 Å². The molecule has 0 heterocycles. The van der Waals surface area contributed by atoms with Crippen LogP contribution >= 0.6 is 0 Å². The third-order valence-electron chi connectivity index (χ3n) is 2.11. The normalized spacial score (nSPS) is 11.9. The molecule has 20 heavy (non-hydrogen) atoms. The fourth-order valence-corrected chi connectivity index (χ4v) is 1.74. The quantitative estimate of drug-likeness (QED) is 0.365. The Labute approximate surface area is 116 Å². The van der Waals surface area contributed by atoms with Crippen LogP contribution in [0.1, 0.15) is 25.7 Å². The molecule has 0 rings (SSSR count). The maximum atomic E-state index is 10.7. The Bertz CT molecular complexity index is 489. The van der Waals surface area contributed by atoms with Crippen LogP contribution in [0.3, 0.4) is 0 Å². The Morgan fingerprint density at radius 3 is 1.25 bits per heavy atom. The number of carbonyl (C=O) groups excluding carboxylic acids is 2. The second kappa shape index (κ2) is 8.14. The van der Waals surface area contributed by atoms with Gasteiger partial charge in [-0.05, 0) is 12.8 Å². The molecule has 0 aliphatic rings. The fourth-order valence-electron chi connectivity index (χ4n) is 1.17. The molecule has 0 saturated heterocycles. The van der Waals surface area contributed by atoms with E-state index in [0.29, 0.717) is 25.7 Å². The largest absolute Gasteiger partial charge is 0.363 e. The molecule has 0 aliphatic carbocycles. The summed E-state index contributed by atoms with van der Waals surface area (Å²) < 4.78 is 57.9. The van der Waals surface area contributed by atoms with Crippen LogP contribution in [-0.2, 0) is 20.2 Å². The molecule has 0 radical (unpaired) electrons. The van der Waals surface area contributed by atoms with Crippen LogP contribution in [0.4, 0.5) is 9.59 Å². The minimum absolute atomic E-state index is 0.0655. The van der Waals surface area contributed by atoms with Crippen molar-refractivity contribution in [2.75, 3.05) is 13.1 Å². The molecule has 4 N–H and O–H groups in total. The average Bonchev–Trinajstić information content (AvgIpc) is 2.29. The summed E-state index contributed by atoms with van der Waals surface area (Å²) in [7, 11) is -9.41. The zero-order valence-corrected chi connectivity index (χ0v) is 12.0. The molecular weight excluding hydrogens is 316 g/mol. The Balaban J connectivity index is 3.56. The lowest BCUT2D eigenvalue weighted by atomic mass is 10.2. The topological polar surface area (TPSA) is 167 Å². The van der Waals surface area contributed by atoms with Crippen molar-refractivity contribution in [3.8, 4) is 0 Å². The summed E-state index contributed by atoms with van der Waals surface area (Å²) in [5.41, 5.74) is 0. The summed E-state index contributed by atoms with van der Waals surface area (Å²) in [5.74, 6) is 0. The molecule has 0 aromatic carbocycles. The average molecular weight is 332 g/mol. The molecule has 10 nitrogen and oxygen atoms in total. The number of nitrogens with one attached hydrogen (secondary N) is 2. The molecule has 0 spiro atoms. The van der Waals surface area contributed by atoms with Gasteiger partial charge < -0.3 is 10.6 Å². The van der Waals surface area contributed by atoms with Gasteiger partial charge in [-0.3, -0.25) is 18.7 Å². The van der Waals surface area contributed by atoms with E-state index in [1.165, 1.54) is 0 Å². The minimum Gasteiger partial charge on any atom is -0.341 e. The Morgan fingerprint density at radius 2 is 1.00 bits per heavy atom. The molecule has 0 aromatic heterocycles. The summed E-state index contributed by atoms with van der Waals surface area (Å²) in [6.45, 7) is 0.131. The van der Waals surface area contributed by atoms with Crippen molar-refractivity contribution in [3.05, 3.63) is 0 Å². The van der Waals surface area contributed by atoms with Gasteiger partial charge in [0.15, 0.2) is 0 Å². The zero-order valence-electron chi connectivity index (χ0n) is 10.4. The summed E-state index contributed by atoms with van der Waals surface area (Å²) in [6, 6.07) is 0. The van der Waals surface area contributed by atoms with Crippen molar-refractivity contribution in [2.24, 2.45) is 0 Å². The van der Waals surface area contributed by atoms with Crippen molar-refractivity contribution >= 4 is 30.7 Å². The van der Waals surface area contributed by atoms with Crippen LogP contribution in [0.2, 0.25) is 0 Å². The van der Waals surface area contributed by atoms with Crippen molar-refractivity contribution in [2.45, 2.75) is 25.7 Å². The van der Waals surface area contributed by atoms with E-state index in [1.54, 1.807) is 0 Å². The lowest BCUT2D eigenvalue weighted by Crippen LogP contribution is -2.30. The van der Waals surface area contributed by atoms with E-state index < -0.39 is 30.7 Å². The van der Waals surface area contributed by atoms with Gasteiger partial charge in [-0.15, -0.1) is 0 Å². The van der Waals surface area contributed by atoms with Gasteiger partial charge in [0.2, 0.25) is 0 Å². The number of hydrogen-bond donors (Lipinski definition) is 4. The van der Waals surface area contributed by atoms with Crippen LogP contribution in [0.15, 0.2) is 0 Å². The summed E-state index contributed by atoms with van der Waals surface area (Å²) in [5, 5.41) is 1.06. The van der Waals surface area contributed by atoms with Crippen LogP contribution in [-0.4, -0.2) is 49.5 Å². The van der Waals surface area contributed by atoms with E-state index in [2.05, 4.69) is 0 Å². The smallest absolute Gasteiger partial charge is 0.341 e. The Kier molecular flexibility index (Phi) is 7.63. The van der Waals surface area contributed by atoms with E-state index in [-0.39, 0.29) is 13.1 Å². The van der Waals surface area contributed by atoms with E-state index >= 15 is 0 Å². The summed E-state index contributed by atoms with van der Waals surface area (Å²) in [6.07, 6.45) is 2.09. The second-order valence-corrected chi connectivity index (χ2v) is 6.43. The molecule has 2 amide bonds. The van der Waals surface area contributed by atoms with Gasteiger partial charge in [-0.25, -0.2) is 0 Å². The van der Waals surface area contributed by atoms with Crippen LogP contribution in [0.25, 0.3) is 0 Å². The van der Waals surface area contributed by atoms with Gasteiger partial charge in [0.1, 0.15) is 0 Å². The molecule has 0 unspecified atom stereocenters. The molecule has 12 heteroatoms. The highest BCUT2D eigenvalue weighted by atomic mass is 32.2. The first-order chi connectivity index (χ1) is 9.05.